The standard InChI is InChI=1S/C21H30N2O/c24-21(16-19-11-5-6-12-19)22-20(15-18-9-3-1-4-10-18)17-23-13-7-2-8-14-23/h1,3-5,9-11,19-20H,2,6-8,12-17H2,(H,22,24)/t19-,20+/m1/s1. The number of hydrogen-bond acceptors (Lipinski definition) is 2. The topological polar surface area (TPSA) is 32.3 Å². The Balaban J connectivity index is 1.57. The Bertz CT molecular complexity index is 534. The van der Waals surface area contributed by atoms with Gasteiger partial charge >= 0.3 is 0 Å². The van der Waals surface area contributed by atoms with Gasteiger partial charge in [0.25, 0.3) is 0 Å². The molecular formula is C21H30N2O. The molecule has 2 aliphatic rings. The van der Waals surface area contributed by atoms with Gasteiger partial charge in [0.1, 0.15) is 0 Å². The Morgan fingerprint density at radius 1 is 1.17 bits per heavy atom. The van der Waals surface area contributed by atoms with Crippen molar-refractivity contribution in [3.63, 3.8) is 0 Å². The Morgan fingerprint density at radius 3 is 2.67 bits per heavy atom. The third kappa shape index (κ3) is 5.48. The van der Waals surface area contributed by atoms with E-state index in [2.05, 4.69) is 46.6 Å². The van der Waals surface area contributed by atoms with Crippen molar-refractivity contribution in [1.82, 2.24) is 10.2 Å². The Kier molecular flexibility index (Phi) is 6.48. The fraction of sp³-hybridized carbons (Fsp3) is 0.571. The van der Waals surface area contributed by atoms with Gasteiger partial charge in [-0.15, -0.1) is 0 Å². The van der Waals surface area contributed by atoms with Crippen LogP contribution in [0.2, 0.25) is 0 Å². The molecule has 1 aromatic carbocycles. The molecule has 24 heavy (non-hydrogen) atoms. The van der Waals surface area contributed by atoms with E-state index in [0.29, 0.717) is 12.3 Å². The number of rotatable bonds is 7. The van der Waals surface area contributed by atoms with Crippen molar-refractivity contribution in [3.8, 4) is 0 Å². The summed E-state index contributed by atoms with van der Waals surface area (Å²) >= 11 is 0. The molecule has 2 atom stereocenters. The lowest BCUT2D eigenvalue weighted by Crippen LogP contribution is -2.46. The second-order valence-electron chi connectivity index (χ2n) is 7.29. The lowest BCUT2D eigenvalue weighted by molar-refractivity contribution is -0.122. The highest BCUT2D eigenvalue weighted by Crippen LogP contribution is 2.20. The first-order valence-electron chi connectivity index (χ1n) is 9.52. The highest BCUT2D eigenvalue weighted by molar-refractivity contribution is 5.76. The third-order valence-corrected chi connectivity index (χ3v) is 5.18. The maximum atomic E-state index is 12.5. The van der Waals surface area contributed by atoms with Gasteiger partial charge in [-0.3, -0.25) is 4.79 Å². The lowest BCUT2D eigenvalue weighted by Gasteiger charge is -2.31. The van der Waals surface area contributed by atoms with Crippen LogP contribution >= 0.6 is 0 Å². The number of carbonyl (C=O) groups is 1. The summed E-state index contributed by atoms with van der Waals surface area (Å²) in [7, 11) is 0. The molecule has 3 heteroatoms. The van der Waals surface area contributed by atoms with E-state index in [1.807, 2.05) is 6.07 Å². The van der Waals surface area contributed by atoms with Crippen molar-refractivity contribution in [2.24, 2.45) is 5.92 Å². The molecule has 3 nitrogen and oxygen atoms in total. The summed E-state index contributed by atoms with van der Waals surface area (Å²) < 4.78 is 0. The monoisotopic (exact) mass is 326 g/mol. The van der Waals surface area contributed by atoms with E-state index in [1.54, 1.807) is 0 Å². The molecule has 0 unspecified atom stereocenters. The van der Waals surface area contributed by atoms with Gasteiger partial charge < -0.3 is 10.2 Å². The van der Waals surface area contributed by atoms with Gasteiger partial charge in [-0.2, -0.15) is 0 Å². The fourth-order valence-corrected chi connectivity index (χ4v) is 3.90. The Morgan fingerprint density at radius 2 is 1.96 bits per heavy atom. The molecule has 1 saturated heterocycles. The smallest absolute Gasteiger partial charge is 0.220 e. The van der Waals surface area contributed by atoms with E-state index in [9.17, 15) is 4.79 Å². The molecule has 0 bridgehead atoms. The molecule has 130 valence electrons. The van der Waals surface area contributed by atoms with Crippen molar-refractivity contribution >= 4 is 5.91 Å². The van der Waals surface area contributed by atoms with Crippen LogP contribution in [0.1, 0.15) is 44.1 Å². The van der Waals surface area contributed by atoms with E-state index in [-0.39, 0.29) is 11.9 Å². The molecule has 1 aliphatic heterocycles. The fourth-order valence-electron chi connectivity index (χ4n) is 3.90. The van der Waals surface area contributed by atoms with Gasteiger partial charge in [0.15, 0.2) is 0 Å². The first-order chi connectivity index (χ1) is 11.8. The van der Waals surface area contributed by atoms with Gasteiger partial charge in [-0.25, -0.2) is 0 Å². The van der Waals surface area contributed by atoms with Crippen LogP contribution in [-0.4, -0.2) is 36.5 Å². The van der Waals surface area contributed by atoms with Crippen LogP contribution in [0, 0.1) is 5.92 Å². The second-order valence-corrected chi connectivity index (χ2v) is 7.29. The minimum atomic E-state index is 0.211. The minimum Gasteiger partial charge on any atom is -0.352 e. The van der Waals surface area contributed by atoms with Crippen molar-refractivity contribution in [2.45, 2.75) is 51.0 Å². The average Bonchev–Trinajstić information content (AvgIpc) is 3.09. The highest BCUT2D eigenvalue weighted by atomic mass is 16.1. The van der Waals surface area contributed by atoms with Crippen LogP contribution < -0.4 is 5.32 Å². The molecule has 0 spiro atoms. The van der Waals surface area contributed by atoms with Crippen LogP contribution in [0.15, 0.2) is 42.5 Å². The molecule has 0 saturated carbocycles. The van der Waals surface area contributed by atoms with Gasteiger partial charge in [0.05, 0.1) is 0 Å². The van der Waals surface area contributed by atoms with E-state index in [4.69, 9.17) is 0 Å². The van der Waals surface area contributed by atoms with Crippen molar-refractivity contribution < 1.29 is 4.79 Å². The zero-order valence-corrected chi connectivity index (χ0v) is 14.6. The van der Waals surface area contributed by atoms with Gasteiger partial charge in [-0.1, -0.05) is 48.9 Å². The molecule has 1 heterocycles. The number of amides is 1. The van der Waals surface area contributed by atoms with Crippen LogP contribution in [-0.2, 0) is 11.2 Å². The van der Waals surface area contributed by atoms with Crippen LogP contribution in [0.4, 0.5) is 0 Å². The summed E-state index contributed by atoms with van der Waals surface area (Å²) in [4.78, 5) is 15.0. The number of carbonyl (C=O) groups excluding carboxylic acids is 1. The molecule has 0 radical (unpaired) electrons. The predicted molar refractivity (Wildman–Crippen MR) is 98.8 cm³/mol. The highest BCUT2D eigenvalue weighted by Gasteiger charge is 2.20. The molecule has 1 aromatic rings. The van der Waals surface area contributed by atoms with Crippen molar-refractivity contribution in [1.29, 1.82) is 0 Å². The maximum absolute atomic E-state index is 12.5. The van der Waals surface area contributed by atoms with Crippen molar-refractivity contribution in [2.75, 3.05) is 19.6 Å². The largest absolute Gasteiger partial charge is 0.352 e. The molecular weight excluding hydrogens is 296 g/mol. The van der Waals surface area contributed by atoms with Crippen LogP contribution in [0.3, 0.4) is 0 Å². The molecule has 1 fully saturated rings. The summed E-state index contributed by atoms with van der Waals surface area (Å²) in [5, 5.41) is 3.33. The van der Waals surface area contributed by atoms with E-state index < -0.39 is 0 Å². The summed E-state index contributed by atoms with van der Waals surface area (Å²) in [5.41, 5.74) is 1.31. The summed E-state index contributed by atoms with van der Waals surface area (Å²) in [6.45, 7) is 3.32. The number of likely N-dealkylation sites (tertiary alicyclic amines) is 1. The Labute approximate surface area is 146 Å². The van der Waals surface area contributed by atoms with Gasteiger partial charge in [0, 0.05) is 19.0 Å². The minimum absolute atomic E-state index is 0.211. The first kappa shape index (κ1) is 17.2. The SMILES string of the molecule is O=C(C[C@@H]1C=CCC1)N[C@@H](Cc1ccccc1)CN1CCCCC1. The lowest BCUT2D eigenvalue weighted by atomic mass is 10.0. The zero-order chi connectivity index (χ0) is 16.6. The predicted octanol–water partition coefficient (Wildman–Crippen LogP) is 3.56. The van der Waals surface area contributed by atoms with Crippen LogP contribution in [0.25, 0.3) is 0 Å². The number of piperidine rings is 1. The average molecular weight is 326 g/mol. The van der Waals surface area contributed by atoms with E-state index in [1.165, 1.54) is 37.9 Å². The first-order valence-corrected chi connectivity index (χ1v) is 9.52. The molecule has 3 rings (SSSR count). The number of nitrogens with zero attached hydrogens (tertiary/aromatic N) is 1. The summed E-state index contributed by atoms with van der Waals surface area (Å²) in [6.07, 6.45) is 12.1. The summed E-state index contributed by atoms with van der Waals surface area (Å²) in [5.74, 6) is 0.654. The number of nitrogens with one attached hydrogen (secondary N) is 1. The molecule has 1 N–H and O–H groups in total. The van der Waals surface area contributed by atoms with Gasteiger partial charge in [-0.05, 0) is 56.7 Å². The molecule has 1 aliphatic carbocycles. The normalized spacial score (nSPS) is 22.4. The van der Waals surface area contributed by atoms with Gasteiger partial charge in [0.2, 0.25) is 5.91 Å². The van der Waals surface area contributed by atoms with Crippen molar-refractivity contribution in [3.05, 3.63) is 48.0 Å². The number of hydrogen-bond donors (Lipinski definition) is 1. The maximum Gasteiger partial charge on any atom is 0.220 e. The quantitative estimate of drug-likeness (QED) is 0.777. The Hall–Kier alpha value is -1.61. The van der Waals surface area contributed by atoms with Crippen LogP contribution in [0.5, 0.6) is 0 Å². The zero-order valence-electron chi connectivity index (χ0n) is 14.6. The second kappa shape index (κ2) is 9.03. The van der Waals surface area contributed by atoms with E-state index in [0.717, 1.165) is 25.8 Å². The third-order valence-electron chi connectivity index (χ3n) is 5.18. The number of benzene rings is 1. The summed E-state index contributed by atoms with van der Waals surface area (Å²) in [6, 6.07) is 10.7. The molecule has 0 aromatic heterocycles. The van der Waals surface area contributed by atoms with E-state index >= 15 is 0 Å². The molecule has 1 amide bonds. The number of allylic oxidation sites excluding steroid dienone is 2.